The van der Waals surface area contributed by atoms with Crippen LogP contribution in [-0.4, -0.2) is 28.3 Å². The van der Waals surface area contributed by atoms with E-state index in [2.05, 4.69) is 26.1 Å². The Morgan fingerprint density at radius 2 is 2.62 bits per heavy atom. The van der Waals surface area contributed by atoms with Crippen LogP contribution in [-0.2, 0) is 4.74 Å². The van der Waals surface area contributed by atoms with Crippen LogP contribution in [0.4, 0.5) is 0 Å². The summed E-state index contributed by atoms with van der Waals surface area (Å²) in [4.78, 5) is 1.56. The van der Waals surface area contributed by atoms with Crippen LogP contribution in [0.15, 0.2) is 22.0 Å². The van der Waals surface area contributed by atoms with Crippen LogP contribution in [0.25, 0.3) is 0 Å². The van der Waals surface area contributed by atoms with E-state index in [1.54, 1.807) is 11.0 Å². The molecule has 0 radical (unpaired) electrons. The van der Waals surface area contributed by atoms with Gasteiger partial charge in [0.05, 0.1) is 35.3 Å². The van der Waals surface area contributed by atoms with Gasteiger partial charge in [-0.05, 0) is 22.9 Å². The third-order valence-electron chi connectivity index (χ3n) is 1.96. The average Bonchev–Trinajstić information content (AvgIpc) is 2.64. The molecular weight excluding hydrogens is 234 g/mol. The minimum absolute atomic E-state index is 0.128. The summed E-state index contributed by atoms with van der Waals surface area (Å²) >= 11 is 3.31. The second kappa shape index (κ2) is 3.59. The molecule has 5 heteroatoms. The smallest absolute Gasteiger partial charge is 0.0947 e. The lowest BCUT2D eigenvalue weighted by molar-refractivity contribution is 0.145. The van der Waals surface area contributed by atoms with Gasteiger partial charge in [0.15, 0.2) is 0 Å². The molecule has 2 rings (SSSR count). The highest BCUT2D eigenvalue weighted by molar-refractivity contribution is 9.10. The number of ether oxygens (including phenoxy) is 1. The number of halogens is 1. The van der Waals surface area contributed by atoms with E-state index in [-0.39, 0.29) is 6.10 Å². The first-order chi connectivity index (χ1) is 6.25. The van der Waals surface area contributed by atoms with Crippen molar-refractivity contribution in [1.29, 1.82) is 0 Å². The van der Waals surface area contributed by atoms with Gasteiger partial charge in [0, 0.05) is 6.42 Å². The summed E-state index contributed by atoms with van der Waals surface area (Å²) < 4.78 is 6.29. The van der Waals surface area contributed by atoms with Gasteiger partial charge < -0.3 is 4.74 Å². The summed E-state index contributed by atoms with van der Waals surface area (Å²) in [7, 11) is 0. The maximum absolute atomic E-state index is 5.36. The minimum atomic E-state index is 0.128. The van der Waals surface area contributed by atoms with Crippen molar-refractivity contribution in [1.82, 2.24) is 9.89 Å². The van der Waals surface area contributed by atoms with Crippen molar-refractivity contribution < 1.29 is 4.74 Å². The number of rotatable bonds is 1. The fourth-order valence-corrected chi connectivity index (χ4v) is 1.52. The van der Waals surface area contributed by atoms with Gasteiger partial charge in [-0.15, -0.1) is 0 Å². The lowest BCUT2D eigenvalue weighted by Gasteiger charge is -2.01. The highest BCUT2D eigenvalue weighted by Crippen LogP contribution is 2.11. The quantitative estimate of drug-likeness (QED) is 0.753. The molecule has 1 atom stereocenters. The highest BCUT2D eigenvalue weighted by atomic mass is 79.9. The van der Waals surface area contributed by atoms with Crippen molar-refractivity contribution in [3.05, 3.63) is 16.9 Å². The van der Waals surface area contributed by atoms with Crippen LogP contribution in [0.1, 0.15) is 13.3 Å². The van der Waals surface area contributed by atoms with Crippen molar-refractivity contribution in [2.24, 2.45) is 5.10 Å². The molecule has 70 valence electrons. The number of hydrogen-bond acceptors (Lipinski definition) is 3. The highest BCUT2D eigenvalue weighted by Gasteiger charge is 2.18. The number of aromatic nitrogens is 2. The van der Waals surface area contributed by atoms with Crippen molar-refractivity contribution in [3.63, 3.8) is 0 Å². The van der Waals surface area contributed by atoms with Crippen molar-refractivity contribution in [3.8, 4) is 0 Å². The molecule has 0 bridgehead atoms. The first-order valence-electron chi connectivity index (χ1n) is 4.15. The molecule has 2 heterocycles. The summed E-state index contributed by atoms with van der Waals surface area (Å²) in [6.07, 6.45) is 4.56. The predicted molar refractivity (Wildman–Crippen MR) is 52.8 cm³/mol. The van der Waals surface area contributed by atoms with Crippen LogP contribution in [0, 0.1) is 0 Å². The lowest BCUT2D eigenvalue weighted by Crippen LogP contribution is -2.12. The molecule has 13 heavy (non-hydrogen) atoms. The fraction of sp³-hybridized carbons (Fsp3) is 0.500. The zero-order chi connectivity index (χ0) is 9.26. The van der Waals surface area contributed by atoms with Crippen molar-refractivity contribution >= 4 is 21.6 Å². The SMILES string of the molecule is CC1OCC/C1=N\n1cc(Br)cn1. The van der Waals surface area contributed by atoms with E-state index >= 15 is 0 Å². The second-order valence-electron chi connectivity index (χ2n) is 2.93. The van der Waals surface area contributed by atoms with Gasteiger partial charge in [-0.3, -0.25) is 0 Å². The monoisotopic (exact) mass is 243 g/mol. The molecule has 0 N–H and O–H groups in total. The van der Waals surface area contributed by atoms with Crippen LogP contribution in [0.2, 0.25) is 0 Å². The van der Waals surface area contributed by atoms with Gasteiger partial charge in [-0.2, -0.15) is 15.0 Å². The Kier molecular flexibility index (Phi) is 2.46. The zero-order valence-corrected chi connectivity index (χ0v) is 8.86. The zero-order valence-electron chi connectivity index (χ0n) is 7.27. The number of nitrogens with zero attached hydrogens (tertiary/aromatic N) is 3. The molecule has 1 aliphatic rings. The summed E-state index contributed by atoms with van der Waals surface area (Å²) in [5.41, 5.74) is 1.05. The third kappa shape index (κ3) is 1.97. The van der Waals surface area contributed by atoms with Crippen molar-refractivity contribution in [2.45, 2.75) is 19.4 Å². The van der Waals surface area contributed by atoms with E-state index in [1.807, 2.05) is 13.1 Å². The third-order valence-corrected chi connectivity index (χ3v) is 2.37. The molecule has 4 nitrogen and oxygen atoms in total. The van der Waals surface area contributed by atoms with E-state index in [4.69, 9.17) is 4.74 Å². The van der Waals surface area contributed by atoms with Gasteiger partial charge in [-0.25, -0.2) is 0 Å². The van der Waals surface area contributed by atoms with E-state index in [9.17, 15) is 0 Å². The van der Waals surface area contributed by atoms with Gasteiger partial charge in [-0.1, -0.05) is 0 Å². The second-order valence-corrected chi connectivity index (χ2v) is 3.85. The van der Waals surface area contributed by atoms with Crippen LogP contribution < -0.4 is 0 Å². The summed E-state index contributed by atoms with van der Waals surface area (Å²) in [6, 6.07) is 0. The van der Waals surface area contributed by atoms with Crippen LogP contribution in [0.3, 0.4) is 0 Å². The van der Waals surface area contributed by atoms with E-state index in [1.165, 1.54) is 0 Å². The maximum Gasteiger partial charge on any atom is 0.0947 e. The molecule has 1 aromatic rings. The largest absolute Gasteiger partial charge is 0.372 e. The predicted octanol–water partition coefficient (Wildman–Crippen LogP) is 1.66. The van der Waals surface area contributed by atoms with E-state index in [0.717, 1.165) is 23.2 Å². The molecule has 0 spiro atoms. The summed E-state index contributed by atoms with van der Waals surface area (Å²) in [5.74, 6) is 0. The molecular formula is C8H10BrN3O. The Labute approximate surface area is 84.7 Å². The van der Waals surface area contributed by atoms with Gasteiger partial charge >= 0.3 is 0 Å². The Bertz CT molecular complexity index is 334. The first-order valence-corrected chi connectivity index (χ1v) is 4.94. The molecule has 1 unspecified atom stereocenters. The molecule has 1 fully saturated rings. The fourth-order valence-electron chi connectivity index (χ4n) is 1.25. The Hall–Kier alpha value is -0.680. The van der Waals surface area contributed by atoms with Gasteiger partial charge in [0.2, 0.25) is 0 Å². The van der Waals surface area contributed by atoms with E-state index in [0.29, 0.717) is 0 Å². The molecule has 0 aromatic carbocycles. The average molecular weight is 244 g/mol. The summed E-state index contributed by atoms with van der Waals surface area (Å²) in [6.45, 7) is 2.77. The molecule has 1 saturated heterocycles. The Morgan fingerprint density at radius 1 is 1.77 bits per heavy atom. The first kappa shape index (κ1) is 8.90. The molecule has 0 amide bonds. The van der Waals surface area contributed by atoms with Crippen LogP contribution in [0.5, 0.6) is 0 Å². The standard InChI is InChI=1S/C8H10BrN3O/c1-6-8(2-3-13-6)11-12-5-7(9)4-10-12/h4-6H,2-3H2,1H3/b11-8+. The lowest BCUT2D eigenvalue weighted by atomic mass is 10.2. The molecule has 1 aromatic heterocycles. The van der Waals surface area contributed by atoms with E-state index < -0.39 is 0 Å². The summed E-state index contributed by atoms with van der Waals surface area (Å²) in [5, 5.41) is 8.37. The molecule has 0 saturated carbocycles. The molecule has 0 aliphatic carbocycles. The number of hydrogen-bond donors (Lipinski definition) is 0. The Morgan fingerprint density at radius 3 is 3.15 bits per heavy atom. The van der Waals surface area contributed by atoms with Gasteiger partial charge in [0.1, 0.15) is 0 Å². The van der Waals surface area contributed by atoms with Crippen molar-refractivity contribution in [2.75, 3.05) is 6.61 Å². The van der Waals surface area contributed by atoms with Gasteiger partial charge in [0.25, 0.3) is 0 Å². The maximum atomic E-state index is 5.36. The Balaban J connectivity index is 2.19. The minimum Gasteiger partial charge on any atom is -0.372 e. The topological polar surface area (TPSA) is 39.4 Å². The normalized spacial score (nSPS) is 25.7. The molecule has 1 aliphatic heterocycles. The van der Waals surface area contributed by atoms with Crippen LogP contribution >= 0.6 is 15.9 Å².